The summed E-state index contributed by atoms with van der Waals surface area (Å²) in [5, 5.41) is 10.3. The molecule has 0 aromatic heterocycles. The summed E-state index contributed by atoms with van der Waals surface area (Å²) in [6, 6.07) is 0. The first kappa shape index (κ1) is 6.92. The van der Waals surface area contributed by atoms with E-state index in [1.54, 1.807) is 13.8 Å². The molecule has 0 radical (unpaired) electrons. The molecular formula is C6H8N2O2. The molecule has 0 saturated heterocycles. The monoisotopic (exact) mass is 140 g/mol. The van der Waals surface area contributed by atoms with Crippen molar-refractivity contribution in [3.05, 3.63) is 21.9 Å². The van der Waals surface area contributed by atoms with Crippen LogP contribution < -0.4 is 0 Å². The summed E-state index contributed by atoms with van der Waals surface area (Å²) in [7, 11) is 0. The predicted octanol–water partition coefficient (Wildman–Crippen LogP) is 1.01. The van der Waals surface area contributed by atoms with Crippen molar-refractivity contribution in [1.29, 1.82) is 0 Å². The van der Waals surface area contributed by atoms with Gasteiger partial charge in [0.05, 0.1) is 4.92 Å². The number of aliphatic imine (C=N–C) groups is 1. The summed E-state index contributed by atoms with van der Waals surface area (Å²) in [4.78, 5) is 13.8. The molecule has 1 aliphatic rings. The van der Waals surface area contributed by atoms with Gasteiger partial charge in [-0.15, -0.1) is 0 Å². The SMILES string of the molecule is CC1(C)N=CC=C1[N+](=O)[O-]. The van der Waals surface area contributed by atoms with Gasteiger partial charge in [-0.3, -0.25) is 15.1 Å². The van der Waals surface area contributed by atoms with Crippen molar-refractivity contribution in [1.82, 2.24) is 0 Å². The van der Waals surface area contributed by atoms with E-state index in [-0.39, 0.29) is 5.70 Å². The molecule has 0 atom stereocenters. The third-order valence-electron chi connectivity index (χ3n) is 1.45. The largest absolute Gasteiger partial charge is 0.275 e. The second-order valence-electron chi connectivity index (χ2n) is 2.65. The maximum Gasteiger partial charge on any atom is 0.274 e. The Morgan fingerprint density at radius 2 is 2.30 bits per heavy atom. The van der Waals surface area contributed by atoms with Gasteiger partial charge in [0.1, 0.15) is 5.54 Å². The maximum atomic E-state index is 10.3. The fraction of sp³-hybridized carbons (Fsp3) is 0.500. The van der Waals surface area contributed by atoms with E-state index >= 15 is 0 Å². The van der Waals surface area contributed by atoms with Crippen LogP contribution in [0.4, 0.5) is 0 Å². The highest BCUT2D eigenvalue weighted by atomic mass is 16.6. The van der Waals surface area contributed by atoms with E-state index in [4.69, 9.17) is 0 Å². The summed E-state index contributed by atoms with van der Waals surface area (Å²) < 4.78 is 0. The lowest BCUT2D eigenvalue weighted by atomic mass is 10.0. The molecule has 0 bridgehead atoms. The van der Waals surface area contributed by atoms with Crippen LogP contribution in [0.1, 0.15) is 13.8 Å². The summed E-state index contributed by atoms with van der Waals surface area (Å²) in [5.41, 5.74) is -0.476. The number of hydrogen-bond acceptors (Lipinski definition) is 3. The van der Waals surface area contributed by atoms with E-state index < -0.39 is 10.5 Å². The van der Waals surface area contributed by atoms with E-state index in [0.29, 0.717) is 0 Å². The number of allylic oxidation sites excluding steroid dienone is 1. The molecule has 10 heavy (non-hydrogen) atoms. The van der Waals surface area contributed by atoms with E-state index in [2.05, 4.69) is 4.99 Å². The van der Waals surface area contributed by atoms with Gasteiger partial charge in [-0.25, -0.2) is 0 Å². The van der Waals surface area contributed by atoms with Gasteiger partial charge in [0.25, 0.3) is 5.70 Å². The Morgan fingerprint density at radius 1 is 1.70 bits per heavy atom. The van der Waals surface area contributed by atoms with Crippen LogP contribution in [0.25, 0.3) is 0 Å². The zero-order valence-electron chi connectivity index (χ0n) is 5.87. The van der Waals surface area contributed by atoms with Gasteiger partial charge < -0.3 is 0 Å². The zero-order valence-corrected chi connectivity index (χ0v) is 5.87. The molecular weight excluding hydrogens is 132 g/mol. The molecule has 0 amide bonds. The molecule has 1 aliphatic heterocycles. The van der Waals surface area contributed by atoms with Gasteiger partial charge >= 0.3 is 0 Å². The average Bonchev–Trinajstić information content (AvgIpc) is 2.08. The summed E-state index contributed by atoms with van der Waals surface area (Å²) in [6.07, 6.45) is 2.90. The molecule has 0 spiro atoms. The van der Waals surface area contributed by atoms with E-state index in [0.717, 1.165) is 0 Å². The van der Waals surface area contributed by atoms with E-state index in [1.165, 1.54) is 12.3 Å². The van der Waals surface area contributed by atoms with Crippen molar-refractivity contribution in [2.45, 2.75) is 19.4 Å². The summed E-state index contributed by atoms with van der Waals surface area (Å²) in [6.45, 7) is 3.43. The fourth-order valence-corrected chi connectivity index (χ4v) is 0.849. The third-order valence-corrected chi connectivity index (χ3v) is 1.45. The molecule has 1 rings (SSSR count). The van der Waals surface area contributed by atoms with Crippen LogP contribution in [0.5, 0.6) is 0 Å². The Bertz CT molecular complexity index is 228. The molecule has 54 valence electrons. The lowest BCUT2D eigenvalue weighted by Gasteiger charge is -2.10. The molecule has 0 aromatic carbocycles. The Labute approximate surface area is 58.4 Å². The van der Waals surface area contributed by atoms with Gasteiger partial charge in [-0.2, -0.15) is 0 Å². The average molecular weight is 140 g/mol. The van der Waals surface area contributed by atoms with Crippen molar-refractivity contribution >= 4 is 6.21 Å². The van der Waals surface area contributed by atoms with Crippen LogP contribution in [0.2, 0.25) is 0 Å². The molecule has 0 unspecified atom stereocenters. The molecule has 1 heterocycles. The minimum Gasteiger partial charge on any atom is -0.275 e. The normalized spacial score (nSPS) is 20.8. The van der Waals surface area contributed by atoms with E-state index in [1.807, 2.05) is 0 Å². The standard InChI is InChI=1S/C6H8N2O2/c1-6(2)5(8(9)10)3-4-7-6/h3-4H,1-2H3. The first-order valence-electron chi connectivity index (χ1n) is 2.94. The summed E-state index contributed by atoms with van der Waals surface area (Å²) in [5.74, 6) is 0. The highest BCUT2D eigenvalue weighted by Gasteiger charge is 2.34. The molecule has 0 aliphatic carbocycles. The van der Waals surface area contributed by atoms with Gasteiger partial charge in [0.2, 0.25) is 0 Å². The van der Waals surface area contributed by atoms with Crippen molar-refractivity contribution in [2.75, 3.05) is 0 Å². The second kappa shape index (κ2) is 1.90. The van der Waals surface area contributed by atoms with Crippen LogP contribution in [-0.4, -0.2) is 16.7 Å². The van der Waals surface area contributed by atoms with Gasteiger partial charge in [0.15, 0.2) is 0 Å². The van der Waals surface area contributed by atoms with Gasteiger partial charge in [0, 0.05) is 12.3 Å². The molecule has 4 heteroatoms. The third kappa shape index (κ3) is 0.920. The first-order chi connectivity index (χ1) is 4.54. The minimum atomic E-state index is -0.635. The Balaban J connectivity index is 2.93. The quantitative estimate of drug-likeness (QED) is 0.403. The summed E-state index contributed by atoms with van der Waals surface area (Å²) >= 11 is 0. The number of rotatable bonds is 1. The Hall–Kier alpha value is -1.19. The Morgan fingerprint density at radius 3 is 2.50 bits per heavy atom. The van der Waals surface area contributed by atoms with Crippen LogP contribution in [0.15, 0.2) is 16.8 Å². The molecule has 4 nitrogen and oxygen atoms in total. The van der Waals surface area contributed by atoms with Crippen LogP contribution in [0, 0.1) is 10.1 Å². The van der Waals surface area contributed by atoms with Gasteiger partial charge in [-0.1, -0.05) is 0 Å². The topological polar surface area (TPSA) is 55.5 Å². The number of hydrogen-bond donors (Lipinski definition) is 0. The van der Waals surface area contributed by atoms with E-state index in [9.17, 15) is 10.1 Å². The fourth-order valence-electron chi connectivity index (χ4n) is 0.849. The lowest BCUT2D eigenvalue weighted by molar-refractivity contribution is -0.432. The van der Waals surface area contributed by atoms with Gasteiger partial charge in [-0.05, 0) is 13.8 Å². The highest BCUT2D eigenvalue weighted by Crippen LogP contribution is 2.23. The van der Waals surface area contributed by atoms with Crippen molar-refractivity contribution in [2.24, 2.45) is 4.99 Å². The highest BCUT2D eigenvalue weighted by molar-refractivity contribution is 5.76. The predicted molar refractivity (Wildman–Crippen MR) is 37.6 cm³/mol. The molecule has 0 aromatic rings. The maximum absolute atomic E-state index is 10.3. The lowest BCUT2D eigenvalue weighted by Crippen LogP contribution is -2.22. The van der Waals surface area contributed by atoms with Crippen LogP contribution >= 0.6 is 0 Å². The molecule has 0 N–H and O–H groups in total. The second-order valence-corrected chi connectivity index (χ2v) is 2.65. The van der Waals surface area contributed by atoms with Crippen LogP contribution in [-0.2, 0) is 0 Å². The molecule has 0 fully saturated rings. The zero-order chi connectivity index (χ0) is 7.78. The Kier molecular flexibility index (Phi) is 1.31. The smallest absolute Gasteiger partial charge is 0.274 e. The minimum absolute atomic E-state index is 0.160. The van der Waals surface area contributed by atoms with Crippen molar-refractivity contribution < 1.29 is 4.92 Å². The first-order valence-corrected chi connectivity index (χ1v) is 2.94. The molecule has 0 saturated carbocycles. The van der Waals surface area contributed by atoms with Crippen molar-refractivity contribution in [3.63, 3.8) is 0 Å². The van der Waals surface area contributed by atoms with Crippen molar-refractivity contribution in [3.8, 4) is 0 Å². The number of nitro groups is 1. The number of nitrogens with zero attached hydrogens (tertiary/aromatic N) is 2. The van der Waals surface area contributed by atoms with Crippen LogP contribution in [0.3, 0.4) is 0 Å².